The zero-order valence-corrected chi connectivity index (χ0v) is 16.3. The number of rotatable bonds is 6. The first kappa shape index (κ1) is 18.8. The first-order valence-electron chi connectivity index (χ1n) is 9.03. The van der Waals surface area contributed by atoms with Crippen molar-refractivity contribution in [2.45, 2.75) is 33.7 Å². The Morgan fingerprint density at radius 3 is 2.44 bits per heavy atom. The first-order chi connectivity index (χ1) is 13.0. The average Bonchev–Trinajstić information content (AvgIpc) is 3.11. The molecule has 2 aromatic carbocycles. The SMILES string of the molecule is COc1ccccc1CNC(=O)c1ccc(Cc2c(C)cc(C)cc2C)o1. The molecule has 0 saturated heterocycles. The normalized spacial score (nSPS) is 10.7. The number of methoxy groups -OCH3 is 1. The first-order valence-corrected chi connectivity index (χ1v) is 9.03. The van der Waals surface area contributed by atoms with Gasteiger partial charge in [-0.2, -0.15) is 0 Å². The molecule has 0 aliphatic heterocycles. The molecule has 0 radical (unpaired) electrons. The van der Waals surface area contributed by atoms with Crippen molar-refractivity contribution < 1.29 is 13.9 Å². The number of aryl methyl sites for hydroxylation is 3. The molecule has 0 atom stereocenters. The summed E-state index contributed by atoms with van der Waals surface area (Å²) in [6.45, 7) is 6.70. The number of furan rings is 1. The van der Waals surface area contributed by atoms with Gasteiger partial charge in [0.25, 0.3) is 5.91 Å². The largest absolute Gasteiger partial charge is 0.496 e. The summed E-state index contributed by atoms with van der Waals surface area (Å²) in [4.78, 5) is 12.4. The van der Waals surface area contributed by atoms with Gasteiger partial charge in [-0.15, -0.1) is 0 Å². The minimum absolute atomic E-state index is 0.232. The maximum absolute atomic E-state index is 12.4. The topological polar surface area (TPSA) is 51.5 Å². The molecule has 1 heterocycles. The maximum atomic E-state index is 12.4. The van der Waals surface area contributed by atoms with Crippen LogP contribution in [0.15, 0.2) is 52.9 Å². The fourth-order valence-electron chi connectivity index (χ4n) is 3.37. The van der Waals surface area contributed by atoms with Crippen LogP contribution in [0.3, 0.4) is 0 Å². The molecule has 4 nitrogen and oxygen atoms in total. The van der Waals surface area contributed by atoms with Gasteiger partial charge >= 0.3 is 0 Å². The Morgan fingerprint density at radius 2 is 1.74 bits per heavy atom. The summed E-state index contributed by atoms with van der Waals surface area (Å²) in [7, 11) is 1.62. The summed E-state index contributed by atoms with van der Waals surface area (Å²) in [5.41, 5.74) is 5.91. The van der Waals surface area contributed by atoms with E-state index in [-0.39, 0.29) is 5.91 Å². The van der Waals surface area contributed by atoms with Gasteiger partial charge in [0.1, 0.15) is 11.5 Å². The fourth-order valence-corrected chi connectivity index (χ4v) is 3.37. The van der Waals surface area contributed by atoms with E-state index in [1.165, 1.54) is 22.3 Å². The van der Waals surface area contributed by atoms with E-state index in [2.05, 4.69) is 38.2 Å². The van der Waals surface area contributed by atoms with E-state index < -0.39 is 0 Å². The van der Waals surface area contributed by atoms with Gasteiger partial charge in [0.2, 0.25) is 0 Å². The fraction of sp³-hybridized carbons (Fsp3) is 0.261. The molecule has 0 saturated carbocycles. The highest BCUT2D eigenvalue weighted by atomic mass is 16.5. The number of carbonyl (C=O) groups is 1. The monoisotopic (exact) mass is 363 g/mol. The second-order valence-corrected chi connectivity index (χ2v) is 6.81. The summed E-state index contributed by atoms with van der Waals surface area (Å²) < 4.78 is 11.1. The van der Waals surface area contributed by atoms with Gasteiger partial charge in [0.05, 0.1) is 7.11 Å². The zero-order chi connectivity index (χ0) is 19.4. The van der Waals surface area contributed by atoms with Crippen molar-refractivity contribution in [2.75, 3.05) is 7.11 Å². The predicted molar refractivity (Wildman–Crippen MR) is 106 cm³/mol. The van der Waals surface area contributed by atoms with Crippen LogP contribution in [0.4, 0.5) is 0 Å². The van der Waals surface area contributed by atoms with Gasteiger partial charge in [0, 0.05) is 18.5 Å². The van der Waals surface area contributed by atoms with Gasteiger partial charge in [-0.3, -0.25) is 4.79 Å². The zero-order valence-electron chi connectivity index (χ0n) is 16.3. The molecule has 0 aliphatic carbocycles. The Hall–Kier alpha value is -3.01. The third kappa shape index (κ3) is 4.40. The van der Waals surface area contributed by atoms with E-state index in [0.29, 0.717) is 18.7 Å². The van der Waals surface area contributed by atoms with Crippen LogP contribution in [0.5, 0.6) is 5.75 Å². The van der Waals surface area contributed by atoms with Crippen LogP contribution in [0.25, 0.3) is 0 Å². The third-order valence-corrected chi connectivity index (χ3v) is 4.71. The molecule has 3 rings (SSSR count). The number of nitrogens with one attached hydrogen (secondary N) is 1. The molecule has 3 aromatic rings. The lowest BCUT2D eigenvalue weighted by Gasteiger charge is -2.10. The molecule has 27 heavy (non-hydrogen) atoms. The second kappa shape index (κ2) is 8.12. The number of carbonyl (C=O) groups excluding carboxylic acids is 1. The number of benzene rings is 2. The lowest BCUT2D eigenvalue weighted by atomic mass is 9.97. The van der Waals surface area contributed by atoms with Crippen LogP contribution in [0, 0.1) is 20.8 Å². The highest BCUT2D eigenvalue weighted by Gasteiger charge is 2.14. The Labute approximate surface area is 160 Å². The standard InChI is InChI=1S/C23H25NO3/c1-15-11-16(2)20(17(3)12-15)13-19-9-10-22(27-19)23(25)24-14-18-7-5-6-8-21(18)26-4/h5-12H,13-14H2,1-4H3,(H,24,25). The van der Waals surface area contributed by atoms with Crippen molar-refractivity contribution in [3.63, 3.8) is 0 Å². The Kier molecular flexibility index (Phi) is 5.65. The second-order valence-electron chi connectivity index (χ2n) is 6.81. The Bertz CT molecular complexity index is 933. The van der Waals surface area contributed by atoms with Crippen LogP contribution in [0.2, 0.25) is 0 Å². The van der Waals surface area contributed by atoms with Crippen LogP contribution in [-0.2, 0) is 13.0 Å². The lowest BCUT2D eigenvalue weighted by Crippen LogP contribution is -2.22. The number of para-hydroxylation sites is 1. The molecule has 140 valence electrons. The highest BCUT2D eigenvalue weighted by molar-refractivity contribution is 5.91. The van der Waals surface area contributed by atoms with Gasteiger partial charge in [0.15, 0.2) is 5.76 Å². The summed E-state index contributed by atoms with van der Waals surface area (Å²) in [5.74, 6) is 1.63. The van der Waals surface area contributed by atoms with Gasteiger partial charge in [-0.1, -0.05) is 35.9 Å². The summed E-state index contributed by atoms with van der Waals surface area (Å²) >= 11 is 0. The quantitative estimate of drug-likeness (QED) is 0.688. The number of amides is 1. The van der Waals surface area contributed by atoms with Crippen LogP contribution < -0.4 is 10.1 Å². The molecule has 1 N–H and O–H groups in total. The summed E-state index contributed by atoms with van der Waals surface area (Å²) in [5, 5.41) is 2.88. The Balaban J connectivity index is 1.68. The minimum Gasteiger partial charge on any atom is -0.496 e. The molecule has 0 spiro atoms. The number of hydrogen-bond donors (Lipinski definition) is 1. The van der Waals surface area contributed by atoms with E-state index in [9.17, 15) is 4.79 Å². The van der Waals surface area contributed by atoms with E-state index >= 15 is 0 Å². The van der Waals surface area contributed by atoms with Crippen molar-refractivity contribution in [1.29, 1.82) is 0 Å². The predicted octanol–water partition coefficient (Wildman–Crippen LogP) is 4.73. The van der Waals surface area contributed by atoms with Crippen LogP contribution >= 0.6 is 0 Å². The third-order valence-electron chi connectivity index (χ3n) is 4.71. The smallest absolute Gasteiger partial charge is 0.287 e. The average molecular weight is 363 g/mol. The molecule has 1 amide bonds. The van der Waals surface area contributed by atoms with E-state index in [1.54, 1.807) is 13.2 Å². The van der Waals surface area contributed by atoms with Gasteiger partial charge < -0.3 is 14.5 Å². The summed E-state index contributed by atoms with van der Waals surface area (Å²) in [6.07, 6.45) is 0.678. The molecule has 0 aliphatic rings. The summed E-state index contributed by atoms with van der Waals surface area (Å²) in [6, 6.07) is 15.6. The number of ether oxygens (including phenoxy) is 1. The molecule has 0 bridgehead atoms. The Morgan fingerprint density at radius 1 is 1.04 bits per heavy atom. The minimum atomic E-state index is -0.232. The van der Waals surface area contributed by atoms with Crippen molar-refractivity contribution in [1.82, 2.24) is 5.32 Å². The molecular weight excluding hydrogens is 338 g/mol. The molecule has 0 unspecified atom stereocenters. The maximum Gasteiger partial charge on any atom is 0.287 e. The van der Waals surface area contributed by atoms with Crippen LogP contribution in [0.1, 0.15) is 44.1 Å². The molecule has 4 heteroatoms. The molecular formula is C23H25NO3. The van der Waals surface area contributed by atoms with Gasteiger partial charge in [-0.05, 0) is 55.7 Å². The van der Waals surface area contributed by atoms with Crippen molar-refractivity contribution >= 4 is 5.91 Å². The van der Waals surface area contributed by atoms with E-state index in [4.69, 9.17) is 9.15 Å². The lowest BCUT2D eigenvalue weighted by molar-refractivity contribution is 0.0921. The van der Waals surface area contributed by atoms with E-state index in [0.717, 1.165) is 17.1 Å². The van der Waals surface area contributed by atoms with Crippen molar-refractivity contribution in [2.24, 2.45) is 0 Å². The number of hydrogen-bond acceptors (Lipinski definition) is 3. The molecule has 0 fully saturated rings. The van der Waals surface area contributed by atoms with Gasteiger partial charge in [-0.25, -0.2) is 0 Å². The van der Waals surface area contributed by atoms with E-state index in [1.807, 2.05) is 30.3 Å². The molecule has 1 aromatic heterocycles. The highest BCUT2D eigenvalue weighted by Crippen LogP contribution is 2.22. The van der Waals surface area contributed by atoms with Crippen molar-refractivity contribution in [3.8, 4) is 5.75 Å². The van der Waals surface area contributed by atoms with Crippen molar-refractivity contribution in [3.05, 3.63) is 87.9 Å². The van der Waals surface area contributed by atoms with Crippen LogP contribution in [-0.4, -0.2) is 13.0 Å².